The molecule has 0 aliphatic carbocycles. The molecular weight excluding hydrogens is 232 g/mol. The zero-order chi connectivity index (χ0) is 12.7. The van der Waals surface area contributed by atoms with Crippen LogP contribution in [-0.4, -0.2) is 40.2 Å². The lowest BCUT2D eigenvalue weighted by Gasteiger charge is -2.42. The summed E-state index contributed by atoms with van der Waals surface area (Å²) < 4.78 is 1.86. The molecule has 0 radical (unpaired) electrons. The molecule has 1 aromatic rings. The smallest absolute Gasteiger partial charge is 0.317 e. The maximum atomic E-state index is 11.8. The fourth-order valence-electron chi connectivity index (χ4n) is 3.32. The van der Waals surface area contributed by atoms with Crippen molar-refractivity contribution in [1.82, 2.24) is 9.47 Å². The molecule has 5 nitrogen and oxygen atoms in total. The Labute approximate surface area is 105 Å². The van der Waals surface area contributed by atoms with Crippen molar-refractivity contribution >= 4 is 5.97 Å². The number of nitrogens with zero attached hydrogens (tertiary/aromatic N) is 2. The summed E-state index contributed by atoms with van der Waals surface area (Å²) in [5.74, 6) is -0.0816. The predicted molar refractivity (Wildman–Crippen MR) is 65.6 cm³/mol. The van der Waals surface area contributed by atoms with E-state index < -0.39 is 5.97 Å². The van der Waals surface area contributed by atoms with Crippen LogP contribution in [0.2, 0.25) is 0 Å². The minimum absolute atomic E-state index is 0.0638. The van der Waals surface area contributed by atoms with E-state index in [-0.39, 0.29) is 12.1 Å². The van der Waals surface area contributed by atoms with Gasteiger partial charge in [-0.25, -0.2) is 0 Å². The average Bonchev–Trinajstić information content (AvgIpc) is 2.29. The highest BCUT2D eigenvalue weighted by molar-refractivity contribution is 5.69. The largest absolute Gasteiger partial charge is 0.480 e. The van der Waals surface area contributed by atoms with Crippen LogP contribution in [0.3, 0.4) is 0 Å². The highest BCUT2D eigenvalue weighted by atomic mass is 16.4. The highest BCUT2D eigenvalue weighted by Crippen LogP contribution is 2.34. The van der Waals surface area contributed by atoms with Crippen molar-refractivity contribution in [3.05, 3.63) is 34.2 Å². The van der Waals surface area contributed by atoms with E-state index in [9.17, 15) is 9.59 Å². The molecule has 1 fully saturated rings. The number of aromatic nitrogens is 1. The van der Waals surface area contributed by atoms with Gasteiger partial charge >= 0.3 is 5.97 Å². The Kier molecular flexibility index (Phi) is 2.70. The second-order valence-corrected chi connectivity index (χ2v) is 5.29. The standard InChI is InChI=1S/C13H16N2O3/c16-12-3-1-2-11-10-4-9(6-15(11)12)5-14(7-10)8-13(17)18/h1-3,9-10H,4-8H2,(H,17,18)/t9-,10+/m1/s1. The van der Waals surface area contributed by atoms with Gasteiger partial charge in [-0.05, 0) is 18.4 Å². The number of fused-ring (bicyclic) bond motifs is 4. The molecule has 5 heteroatoms. The maximum Gasteiger partial charge on any atom is 0.317 e. The van der Waals surface area contributed by atoms with Gasteiger partial charge in [0.1, 0.15) is 0 Å². The van der Waals surface area contributed by atoms with Gasteiger partial charge in [0, 0.05) is 37.3 Å². The summed E-state index contributed by atoms with van der Waals surface area (Å²) in [5, 5.41) is 8.87. The first-order chi connectivity index (χ1) is 8.63. The zero-order valence-corrected chi connectivity index (χ0v) is 10.1. The highest BCUT2D eigenvalue weighted by Gasteiger charge is 2.34. The van der Waals surface area contributed by atoms with Crippen molar-refractivity contribution in [1.29, 1.82) is 0 Å². The summed E-state index contributed by atoms with van der Waals surface area (Å²) in [5.41, 5.74) is 1.13. The van der Waals surface area contributed by atoms with Crippen molar-refractivity contribution in [2.45, 2.75) is 18.9 Å². The molecule has 1 aromatic heterocycles. The normalized spacial score (nSPS) is 26.7. The summed E-state index contributed by atoms with van der Waals surface area (Å²) in [6.07, 6.45) is 1.07. The number of pyridine rings is 1. The van der Waals surface area contributed by atoms with E-state index in [1.54, 1.807) is 12.1 Å². The first-order valence-corrected chi connectivity index (χ1v) is 6.27. The second-order valence-electron chi connectivity index (χ2n) is 5.29. The van der Waals surface area contributed by atoms with Crippen LogP contribution in [0.25, 0.3) is 0 Å². The molecule has 2 aliphatic rings. The molecular formula is C13H16N2O3. The number of aliphatic carboxylic acids is 1. The summed E-state index contributed by atoms with van der Waals surface area (Å²) >= 11 is 0. The lowest BCUT2D eigenvalue weighted by molar-refractivity contribution is -0.139. The second kappa shape index (κ2) is 4.24. The molecule has 18 heavy (non-hydrogen) atoms. The van der Waals surface area contributed by atoms with E-state index in [1.165, 1.54) is 0 Å². The number of carboxylic acids is 1. The van der Waals surface area contributed by atoms with Crippen LogP contribution in [0.1, 0.15) is 18.0 Å². The van der Waals surface area contributed by atoms with E-state index >= 15 is 0 Å². The van der Waals surface area contributed by atoms with Crippen LogP contribution < -0.4 is 5.56 Å². The molecule has 1 N–H and O–H groups in total. The first-order valence-electron chi connectivity index (χ1n) is 6.27. The Morgan fingerprint density at radius 2 is 2.17 bits per heavy atom. The van der Waals surface area contributed by atoms with Gasteiger partial charge < -0.3 is 9.67 Å². The van der Waals surface area contributed by atoms with Gasteiger partial charge in [-0.2, -0.15) is 0 Å². The van der Waals surface area contributed by atoms with Crippen molar-refractivity contribution in [2.24, 2.45) is 5.92 Å². The lowest BCUT2D eigenvalue weighted by atomic mass is 9.83. The molecule has 0 saturated carbocycles. The van der Waals surface area contributed by atoms with Crippen LogP contribution in [0.15, 0.2) is 23.0 Å². The number of rotatable bonds is 2. The summed E-state index contributed by atoms with van der Waals surface area (Å²) in [6.45, 7) is 2.35. The maximum absolute atomic E-state index is 11.8. The Bertz CT molecular complexity index is 537. The Morgan fingerprint density at radius 1 is 1.33 bits per heavy atom. The molecule has 2 aliphatic heterocycles. The SMILES string of the molecule is O=C(O)CN1C[C@H]2C[C@@H](C1)c1cccc(=O)n1C2. The van der Waals surface area contributed by atoms with Gasteiger partial charge in [0.15, 0.2) is 0 Å². The number of carboxylic acid groups (broad SMARTS) is 1. The summed E-state index contributed by atoms with van der Waals surface area (Å²) in [6, 6.07) is 5.39. The third kappa shape index (κ3) is 1.95. The Morgan fingerprint density at radius 3 is 2.94 bits per heavy atom. The molecule has 96 valence electrons. The van der Waals surface area contributed by atoms with Gasteiger partial charge in [-0.1, -0.05) is 6.07 Å². The Hall–Kier alpha value is -1.62. The number of hydrogen-bond acceptors (Lipinski definition) is 3. The molecule has 0 amide bonds. The number of likely N-dealkylation sites (tertiary alicyclic amines) is 1. The lowest BCUT2D eigenvalue weighted by Crippen LogP contribution is -2.48. The quantitative estimate of drug-likeness (QED) is 0.820. The average molecular weight is 248 g/mol. The van der Waals surface area contributed by atoms with Gasteiger partial charge in [0.05, 0.1) is 6.54 Å². The van der Waals surface area contributed by atoms with Crippen LogP contribution in [0, 0.1) is 5.92 Å². The minimum Gasteiger partial charge on any atom is -0.480 e. The van der Waals surface area contributed by atoms with E-state index in [4.69, 9.17) is 5.11 Å². The molecule has 2 atom stereocenters. The van der Waals surface area contributed by atoms with E-state index in [0.717, 1.165) is 31.7 Å². The van der Waals surface area contributed by atoms with Gasteiger partial charge in [-0.15, -0.1) is 0 Å². The van der Waals surface area contributed by atoms with Gasteiger partial charge in [-0.3, -0.25) is 14.5 Å². The molecule has 3 heterocycles. The van der Waals surface area contributed by atoms with Crippen molar-refractivity contribution < 1.29 is 9.90 Å². The van der Waals surface area contributed by atoms with E-state index in [2.05, 4.69) is 0 Å². The van der Waals surface area contributed by atoms with Crippen molar-refractivity contribution in [2.75, 3.05) is 19.6 Å². The molecule has 0 unspecified atom stereocenters. The molecule has 2 bridgehead atoms. The number of hydrogen-bond donors (Lipinski definition) is 1. The zero-order valence-electron chi connectivity index (χ0n) is 10.1. The molecule has 1 saturated heterocycles. The first kappa shape index (κ1) is 11.5. The van der Waals surface area contributed by atoms with Crippen LogP contribution in [0.5, 0.6) is 0 Å². The predicted octanol–water partition coefficient (Wildman–Crippen LogP) is 0.352. The Balaban J connectivity index is 1.90. The minimum atomic E-state index is -0.777. The van der Waals surface area contributed by atoms with E-state index in [1.807, 2.05) is 15.5 Å². The van der Waals surface area contributed by atoms with Crippen LogP contribution in [-0.2, 0) is 11.3 Å². The van der Waals surface area contributed by atoms with Crippen molar-refractivity contribution in [3.8, 4) is 0 Å². The third-order valence-corrected chi connectivity index (χ3v) is 3.91. The molecule has 3 rings (SSSR count). The van der Waals surface area contributed by atoms with Crippen molar-refractivity contribution in [3.63, 3.8) is 0 Å². The summed E-state index contributed by atoms with van der Waals surface area (Å²) in [7, 11) is 0. The monoisotopic (exact) mass is 248 g/mol. The molecule has 0 aromatic carbocycles. The molecule has 0 spiro atoms. The van der Waals surface area contributed by atoms with Gasteiger partial charge in [0.2, 0.25) is 0 Å². The van der Waals surface area contributed by atoms with E-state index in [0.29, 0.717) is 11.8 Å². The number of carbonyl (C=O) groups is 1. The third-order valence-electron chi connectivity index (χ3n) is 3.91. The van der Waals surface area contributed by atoms with Crippen LogP contribution >= 0.6 is 0 Å². The van der Waals surface area contributed by atoms with Crippen LogP contribution in [0.4, 0.5) is 0 Å². The number of piperidine rings is 1. The summed E-state index contributed by atoms with van der Waals surface area (Å²) in [4.78, 5) is 24.6. The fourth-order valence-corrected chi connectivity index (χ4v) is 3.32. The fraction of sp³-hybridized carbons (Fsp3) is 0.538. The van der Waals surface area contributed by atoms with Gasteiger partial charge in [0.25, 0.3) is 5.56 Å². The topological polar surface area (TPSA) is 62.5 Å².